The van der Waals surface area contributed by atoms with Crippen LogP contribution in [0.4, 0.5) is 0 Å². The summed E-state index contributed by atoms with van der Waals surface area (Å²) in [6, 6.07) is -0.344. The van der Waals surface area contributed by atoms with Gasteiger partial charge in [0.05, 0.1) is 38.6 Å². The summed E-state index contributed by atoms with van der Waals surface area (Å²) in [6.45, 7) is 9.02. The number of nitrogens with one attached hydrogen (secondary N) is 1. The van der Waals surface area contributed by atoms with Gasteiger partial charge in [-0.25, -0.2) is 0 Å². The lowest BCUT2D eigenvalue weighted by Gasteiger charge is -2.32. The van der Waals surface area contributed by atoms with Gasteiger partial charge in [-0.05, 0) is 26.7 Å². The van der Waals surface area contributed by atoms with E-state index in [1.54, 1.807) is 16.7 Å². The predicted molar refractivity (Wildman–Crippen MR) is 143 cm³/mol. The molecule has 0 aromatic heterocycles. The molecule has 2 amide bonds. The van der Waals surface area contributed by atoms with Crippen molar-refractivity contribution >= 4 is 24.1 Å². The lowest BCUT2D eigenvalue weighted by molar-refractivity contribution is -0.889. The van der Waals surface area contributed by atoms with Gasteiger partial charge in [-0.15, -0.1) is 11.8 Å². The minimum Gasteiger partial charge on any atom is -1.00 e. The first-order chi connectivity index (χ1) is 15.7. The maximum atomic E-state index is 12.6. The number of quaternary nitrogens is 1. The Balaban J connectivity index is 0.0000109. The average molecular weight is 520 g/mol. The molecule has 0 saturated carbocycles. The van der Waals surface area contributed by atoms with Crippen molar-refractivity contribution in [2.24, 2.45) is 0 Å². The van der Waals surface area contributed by atoms with E-state index in [-0.39, 0.29) is 29.2 Å². The maximum Gasteiger partial charge on any atom is 0.243 e. The molecule has 1 atom stereocenters. The van der Waals surface area contributed by atoms with E-state index in [0.717, 1.165) is 24.0 Å². The average Bonchev–Trinajstić information content (AvgIpc) is 3.07. The number of unbranched alkanes of at least 4 members (excludes halogenated alkanes) is 13. The molecule has 1 heterocycles. The predicted octanol–water partition coefficient (Wildman–Crippen LogP) is 2.97. The van der Waals surface area contributed by atoms with Crippen LogP contribution in [0.2, 0.25) is 0 Å². The Kier molecular flexibility index (Phi) is 18.5. The number of carbonyl (C=O) groups is 2. The topological polar surface area (TPSA) is 49.4 Å². The zero-order valence-corrected chi connectivity index (χ0v) is 24.5. The van der Waals surface area contributed by atoms with E-state index >= 15 is 0 Å². The van der Waals surface area contributed by atoms with Crippen LogP contribution in [0.3, 0.4) is 0 Å². The molecular weight excluding hydrogens is 466 g/mol. The zero-order valence-electron chi connectivity index (χ0n) is 22.9. The molecule has 7 heteroatoms. The summed E-state index contributed by atoms with van der Waals surface area (Å²) in [4.78, 5) is 25.3. The zero-order chi connectivity index (χ0) is 24.6. The number of hydrogen-bond acceptors (Lipinski definition) is 3. The summed E-state index contributed by atoms with van der Waals surface area (Å²) < 4.78 is 0.931. The fourth-order valence-electron chi connectivity index (χ4n) is 4.66. The second-order valence-electron chi connectivity index (χ2n) is 11.1. The van der Waals surface area contributed by atoms with Crippen LogP contribution in [-0.2, 0) is 9.59 Å². The highest BCUT2D eigenvalue weighted by Crippen LogP contribution is 2.37. The molecule has 1 aliphatic heterocycles. The molecule has 1 rings (SSSR count). The van der Waals surface area contributed by atoms with E-state index in [2.05, 4.69) is 26.3 Å². The lowest BCUT2D eigenvalue weighted by atomic mass is 10.0. The molecular formula is C27H54ClN3O2S. The highest BCUT2D eigenvalue weighted by atomic mass is 35.5. The Hall–Kier alpha value is -0.460. The van der Waals surface area contributed by atoms with E-state index in [9.17, 15) is 9.59 Å². The van der Waals surface area contributed by atoms with E-state index in [1.165, 1.54) is 89.9 Å². The molecule has 0 spiro atoms. The van der Waals surface area contributed by atoms with Crippen molar-refractivity contribution in [3.63, 3.8) is 0 Å². The minimum absolute atomic E-state index is 0. The summed E-state index contributed by atoms with van der Waals surface area (Å²) in [6.07, 6.45) is 20.3. The van der Waals surface area contributed by atoms with Gasteiger partial charge in [0.2, 0.25) is 12.3 Å². The molecule has 1 saturated heterocycles. The van der Waals surface area contributed by atoms with Gasteiger partial charge in [0.1, 0.15) is 6.04 Å². The number of hydrogen-bond donors (Lipinski definition) is 1. The summed E-state index contributed by atoms with van der Waals surface area (Å²) in [5, 5.41) is 3.07. The normalized spacial score (nSPS) is 17.4. The fourth-order valence-corrected chi connectivity index (χ4v) is 5.86. The van der Waals surface area contributed by atoms with Gasteiger partial charge in [-0.1, -0.05) is 84.0 Å². The van der Waals surface area contributed by atoms with Crippen LogP contribution in [0, 0.1) is 0 Å². The Labute approximate surface area is 221 Å². The maximum absolute atomic E-state index is 12.6. The molecule has 0 aromatic rings. The van der Waals surface area contributed by atoms with Crippen molar-refractivity contribution in [2.75, 3.05) is 39.5 Å². The molecule has 0 bridgehead atoms. The van der Waals surface area contributed by atoms with Crippen LogP contribution < -0.4 is 17.7 Å². The van der Waals surface area contributed by atoms with Gasteiger partial charge in [0.15, 0.2) is 0 Å². The first-order valence-corrected chi connectivity index (χ1v) is 14.7. The first kappa shape index (κ1) is 33.5. The van der Waals surface area contributed by atoms with E-state index in [1.807, 2.05) is 13.8 Å². The van der Waals surface area contributed by atoms with Crippen molar-refractivity contribution in [3.05, 3.63) is 0 Å². The molecule has 1 aliphatic rings. The molecule has 0 unspecified atom stereocenters. The largest absolute Gasteiger partial charge is 1.00 e. The minimum atomic E-state index is -0.344. The SMILES string of the molecule is CCCCCCCCCCCCCCCC[N+](C)(C)CCNC(=O)[C@@H]1CSC(C)(C)N1C=O.[Cl-]. The van der Waals surface area contributed by atoms with Gasteiger partial charge in [-0.2, -0.15) is 0 Å². The second-order valence-corrected chi connectivity index (χ2v) is 12.7. The highest BCUT2D eigenvalue weighted by molar-refractivity contribution is 8.00. The van der Waals surface area contributed by atoms with Gasteiger partial charge in [0.25, 0.3) is 0 Å². The molecule has 1 fully saturated rings. The van der Waals surface area contributed by atoms with Crippen molar-refractivity contribution in [3.8, 4) is 0 Å². The Morgan fingerprint density at radius 2 is 1.38 bits per heavy atom. The fraction of sp³-hybridized carbons (Fsp3) is 0.926. The van der Waals surface area contributed by atoms with Crippen LogP contribution in [0.5, 0.6) is 0 Å². The molecule has 0 aromatic carbocycles. The van der Waals surface area contributed by atoms with Crippen molar-refractivity contribution in [1.29, 1.82) is 0 Å². The van der Waals surface area contributed by atoms with E-state index in [0.29, 0.717) is 12.3 Å². The number of likely N-dealkylation sites (N-methyl/N-ethyl adjacent to an activating group) is 1. The van der Waals surface area contributed by atoms with E-state index in [4.69, 9.17) is 0 Å². The van der Waals surface area contributed by atoms with Crippen molar-refractivity contribution < 1.29 is 26.5 Å². The van der Waals surface area contributed by atoms with Crippen LogP contribution >= 0.6 is 11.8 Å². The van der Waals surface area contributed by atoms with Gasteiger partial charge >= 0.3 is 0 Å². The summed E-state index contributed by atoms with van der Waals surface area (Å²) in [7, 11) is 4.50. The Bertz CT molecular complexity index is 546. The van der Waals surface area contributed by atoms with Crippen molar-refractivity contribution in [1.82, 2.24) is 10.2 Å². The summed E-state index contributed by atoms with van der Waals surface area (Å²) >= 11 is 1.66. The highest BCUT2D eigenvalue weighted by Gasteiger charge is 2.42. The Morgan fingerprint density at radius 3 is 1.85 bits per heavy atom. The molecule has 202 valence electrons. The van der Waals surface area contributed by atoms with Gasteiger partial charge < -0.3 is 27.1 Å². The molecule has 5 nitrogen and oxygen atoms in total. The van der Waals surface area contributed by atoms with Crippen LogP contribution in [0.15, 0.2) is 0 Å². The third-order valence-electron chi connectivity index (χ3n) is 7.10. The summed E-state index contributed by atoms with van der Waals surface area (Å²) in [5.74, 6) is 0.658. The van der Waals surface area contributed by atoms with Gasteiger partial charge in [0, 0.05) is 5.75 Å². The Morgan fingerprint density at radius 1 is 0.912 bits per heavy atom. The second kappa shape index (κ2) is 18.8. The third-order valence-corrected chi connectivity index (χ3v) is 8.50. The monoisotopic (exact) mass is 519 g/mol. The van der Waals surface area contributed by atoms with E-state index < -0.39 is 0 Å². The summed E-state index contributed by atoms with van der Waals surface area (Å²) in [5.41, 5.74) is 0. The van der Waals surface area contributed by atoms with Crippen LogP contribution in [0.1, 0.15) is 111 Å². The van der Waals surface area contributed by atoms with Crippen LogP contribution in [0.25, 0.3) is 0 Å². The number of thioether (sulfide) groups is 1. The third kappa shape index (κ3) is 14.2. The van der Waals surface area contributed by atoms with Gasteiger partial charge in [-0.3, -0.25) is 9.59 Å². The quantitative estimate of drug-likeness (QED) is 0.153. The smallest absolute Gasteiger partial charge is 0.243 e. The molecule has 0 aliphatic carbocycles. The number of nitrogens with zero attached hydrogens (tertiary/aromatic N) is 2. The first-order valence-electron chi connectivity index (χ1n) is 13.7. The number of rotatable bonds is 20. The number of amides is 2. The molecule has 0 radical (unpaired) electrons. The number of halogens is 1. The lowest BCUT2D eigenvalue weighted by Crippen LogP contribution is -3.00. The van der Waals surface area contributed by atoms with Crippen molar-refractivity contribution in [2.45, 2.75) is 122 Å². The van der Waals surface area contributed by atoms with Crippen LogP contribution in [-0.4, -0.2) is 72.1 Å². The standard InChI is InChI=1S/C27H53N3O2S.ClH/c1-6-7-8-9-10-11-12-13-14-15-16-17-18-19-21-30(4,5)22-20-28-26(32)25-23-33-27(2,3)29(25)24-31;/h24-25H,6-23H2,1-5H3;1H/t25-;/m0./s1. The molecule has 34 heavy (non-hydrogen) atoms. The number of carbonyl (C=O) groups excluding carboxylic acids is 2. The molecule has 1 N–H and O–H groups in total.